The first-order valence-corrected chi connectivity index (χ1v) is 8.26. The van der Waals surface area contributed by atoms with E-state index in [0.29, 0.717) is 17.4 Å². The van der Waals surface area contributed by atoms with Crippen LogP contribution in [-0.4, -0.2) is 26.4 Å². The summed E-state index contributed by atoms with van der Waals surface area (Å²) in [6.07, 6.45) is 3.34. The van der Waals surface area contributed by atoms with Crippen LogP contribution < -0.4 is 10.3 Å². The molecule has 0 fully saturated rings. The Morgan fingerprint density at radius 2 is 2.00 bits per heavy atom. The SMILES string of the molecule is COc1cccc(Cn2cnc3cc(-c4ccnn4C)ccc3c2=O)c1. The second kappa shape index (κ2) is 6.48. The van der Waals surface area contributed by atoms with E-state index in [1.165, 1.54) is 0 Å². The molecule has 0 amide bonds. The maximum atomic E-state index is 12.8. The van der Waals surface area contributed by atoms with Gasteiger partial charge in [0.2, 0.25) is 0 Å². The van der Waals surface area contributed by atoms with Crippen molar-refractivity contribution in [2.24, 2.45) is 7.05 Å². The van der Waals surface area contributed by atoms with Crippen LogP contribution >= 0.6 is 0 Å². The molecule has 0 N–H and O–H groups in total. The third kappa shape index (κ3) is 2.86. The zero-order valence-electron chi connectivity index (χ0n) is 14.6. The molecule has 4 rings (SSSR count). The van der Waals surface area contributed by atoms with Crippen LogP contribution in [-0.2, 0) is 13.6 Å². The lowest BCUT2D eigenvalue weighted by Gasteiger charge is -2.09. The normalized spacial score (nSPS) is 11.0. The van der Waals surface area contributed by atoms with Crippen molar-refractivity contribution in [1.29, 1.82) is 0 Å². The second-order valence-corrected chi connectivity index (χ2v) is 6.10. The molecule has 6 nitrogen and oxygen atoms in total. The van der Waals surface area contributed by atoms with Gasteiger partial charge in [0.15, 0.2) is 0 Å². The van der Waals surface area contributed by atoms with E-state index in [2.05, 4.69) is 10.1 Å². The number of ether oxygens (including phenoxy) is 1. The number of aromatic nitrogens is 4. The lowest BCUT2D eigenvalue weighted by atomic mass is 10.1. The minimum atomic E-state index is -0.0608. The number of aryl methyl sites for hydroxylation is 1. The van der Waals surface area contributed by atoms with E-state index in [-0.39, 0.29) is 5.56 Å². The van der Waals surface area contributed by atoms with Crippen molar-refractivity contribution in [2.75, 3.05) is 7.11 Å². The predicted molar refractivity (Wildman–Crippen MR) is 100 cm³/mol. The van der Waals surface area contributed by atoms with E-state index in [1.54, 1.807) is 28.9 Å². The third-order valence-corrected chi connectivity index (χ3v) is 4.43. The van der Waals surface area contributed by atoms with E-state index < -0.39 is 0 Å². The monoisotopic (exact) mass is 346 g/mol. The fourth-order valence-electron chi connectivity index (χ4n) is 3.05. The molecule has 2 heterocycles. The molecule has 130 valence electrons. The molecule has 0 aliphatic carbocycles. The molecule has 0 aliphatic heterocycles. The highest BCUT2D eigenvalue weighted by atomic mass is 16.5. The number of hydrogen-bond donors (Lipinski definition) is 0. The highest BCUT2D eigenvalue weighted by Gasteiger charge is 2.09. The van der Waals surface area contributed by atoms with Crippen molar-refractivity contribution < 1.29 is 4.74 Å². The van der Waals surface area contributed by atoms with Crippen LogP contribution in [0.15, 0.2) is 65.8 Å². The summed E-state index contributed by atoms with van der Waals surface area (Å²) >= 11 is 0. The van der Waals surface area contributed by atoms with Crippen LogP contribution in [0.5, 0.6) is 5.75 Å². The number of benzene rings is 2. The molecular formula is C20H18N4O2. The van der Waals surface area contributed by atoms with Crippen molar-refractivity contribution in [1.82, 2.24) is 19.3 Å². The van der Waals surface area contributed by atoms with Gasteiger partial charge < -0.3 is 4.74 Å². The zero-order valence-corrected chi connectivity index (χ0v) is 14.6. The van der Waals surface area contributed by atoms with Gasteiger partial charge in [0.25, 0.3) is 5.56 Å². The summed E-state index contributed by atoms with van der Waals surface area (Å²) in [7, 11) is 3.52. The number of nitrogens with zero attached hydrogens (tertiary/aromatic N) is 4. The van der Waals surface area contributed by atoms with Gasteiger partial charge in [-0.1, -0.05) is 18.2 Å². The summed E-state index contributed by atoms with van der Waals surface area (Å²) < 4.78 is 8.65. The molecule has 0 atom stereocenters. The first-order valence-electron chi connectivity index (χ1n) is 8.26. The van der Waals surface area contributed by atoms with Crippen LogP contribution in [0.1, 0.15) is 5.56 Å². The Morgan fingerprint density at radius 3 is 2.77 bits per heavy atom. The summed E-state index contributed by atoms with van der Waals surface area (Å²) in [5, 5.41) is 4.78. The molecule has 0 spiro atoms. The largest absolute Gasteiger partial charge is 0.497 e. The summed E-state index contributed by atoms with van der Waals surface area (Å²) in [6.45, 7) is 0.447. The molecule has 0 radical (unpaired) electrons. The van der Waals surface area contributed by atoms with Gasteiger partial charge in [0, 0.05) is 18.8 Å². The minimum Gasteiger partial charge on any atom is -0.497 e. The highest BCUT2D eigenvalue weighted by molar-refractivity contribution is 5.82. The Bertz CT molecular complexity index is 1140. The van der Waals surface area contributed by atoms with Gasteiger partial charge >= 0.3 is 0 Å². The first-order chi connectivity index (χ1) is 12.7. The van der Waals surface area contributed by atoms with Gasteiger partial charge in [-0.3, -0.25) is 14.0 Å². The smallest absolute Gasteiger partial charge is 0.261 e. The van der Waals surface area contributed by atoms with Crippen LogP contribution in [0, 0.1) is 0 Å². The van der Waals surface area contributed by atoms with Crippen LogP contribution in [0.3, 0.4) is 0 Å². The summed E-state index contributed by atoms with van der Waals surface area (Å²) in [4.78, 5) is 17.3. The maximum Gasteiger partial charge on any atom is 0.261 e. The van der Waals surface area contributed by atoms with Gasteiger partial charge in [-0.25, -0.2) is 4.98 Å². The van der Waals surface area contributed by atoms with Gasteiger partial charge in [0.1, 0.15) is 5.75 Å². The van der Waals surface area contributed by atoms with Gasteiger partial charge in [-0.15, -0.1) is 0 Å². The van der Waals surface area contributed by atoms with E-state index in [1.807, 2.05) is 55.6 Å². The molecule has 0 aliphatic rings. The Morgan fingerprint density at radius 1 is 1.12 bits per heavy atom. The third-order valence-electron chi connectivity index (χ3n) is 4.43. The Hall–Kier alpha value is -3.41. The first kappa shape index (κ1) is 16.1. The number of methoxy groups -OCH3 is 1. The second-order valence-electron chi connectivity index (χ2n) is 6.10. The molecule has 0 bridgehead atoms. The predicted octanol–water partition coefficient (Wildman–Crippen LogP) is 2.85. The lowest BCUT2D eigenvalue weighted by molar-refractivity contribution is 0.414. The molecule has 2 aromatic heterocycles. The van der Waals surface area contributed by atoms with Gasteiger partial charge in [-0.05, 0) is 35.9 Å². The maximum absolute atomic E-state index is 12.8. The number of rotatable bonds is 4. The van der Waals surface area contributed by atoms with Gasteiger partial charge in [0.05, 0.1) is 36.6 Å². The van der Waals surface area contributed by atoms with Crippen LogP contribution in [0.4, 0.5) is 0 Å². The number of hydrogen-bond acceptors (Lipinski definition) is 4. The Labute approximate surface area is 150 Å². The fraction of sp³-hybridized carbons (Fsp3) is 0.150. The minimum absolute atomic E-state index is 0.0608. The van der Waals surface area contributed by atoms with E-state index in [4.69, 9.17) is 4.74 Å². The molecule has 6 heteroatoms. The van der Waals surface area contributed by atoms with Crippen molar-refractivity contribution in [3.05, 3.63) is 77.0 Å². The molecule has 0 saturated carbocycles. The lowest BCUT2D eigenvalue weighted by Crippen LogP contribution is -2.21. The summed E-state index contributed by atoms with van der Waals surface area (Å²) in [6, 6.07) is 15.3. The number of fused-ring (bicyclic) bond motifs is 1. The Kier molecular flexibility index (Phi) is 4.01. The average Bonchev–Trinajstić information content (AvgIpc) is 3.10. The van der Waals surface area contributed by atoms with Crippen LogP contribution in [0.25, 0.3) is 22.2 Å². The zero-order chi connectivity index (χ0) is 18.1. The highest BCUT2D eigenvalue weighted by Crippen LogP contribution is 2.21. The quantitative estimate of drug-likeness (QED) is 0.570. The molecule has 4 aromatic rings. The average molecular weight is 346 g/mol. The van der Waals surface area contributed by atoms with Crippen molar-refractivity contribution >= 4 is 10.9 Å². The fourth-order valence-corrected chi connectivity index (χ4v) is 3.05. The molecule has 0 unspecified atom stereocenters. The summed E-state index contributed by atoms with van der Waals surface area (Å²) in [5.74, 6) is 0.769. The van der Waals surface area contributed by atoms with E-state index in [0.717, 1.165) is 22.6 Å². The van der Waals surface area contributed by atoms with Crippen molar-refractivity contribution in [2.45, 2.75) is 6.54 Å². The Balaban J connectivity index is 1.73. The van der Waals surface area contributed by atoms with E-state index >= 15 is 0 Å². The molecule has 26 heavy (non-hydrogen) atoms. The molecule has 0 saturated heterocycles. The standard InChI is InChI=1S/C20H18N4O2/c1-23-19(8-9-22-23)15-6-7-17-18(11-15)21-13-24(20(17)25)12-14-4-3-5-16(10-14)26-2/h3-11,13H,12H2,1-2H3. The van der Waals surface area contributed by atoms with Crippen molar-refractivity contribution in [3.63, 3.8) is 0 Å². The topological polar surface area (TPSA) is 61.9 Å². The van der Waals surface area contributed by atoms with Crippen LogP contribution in [0.2, 0.25) is 0 Å². The molecular weight excluding hydrogens is 328 g/mol. The van der Waals surface area contributed by atoms with Gasteiger partial charge in [-0.2, -0.15) is 5.10 Å². The summed E-state index contributed by atoms with van der Waals surface area (Å²) in [5.41, 5.74) is 3.56. The van der Waals surface area contributed by atoms with Crippen molar-refractivity contribution in [3.8, 4) is 17.0 Å². The van der Waals surface area contributed by atoms with E-state index in [9.17, 15) is 4.79 Å². The molecule has 2 aromatic carbocycles.